The molecule has 1 N–H and O–H groups in total. The van der Waals surface area contributed by atoms with E-state index in [1.807, 2.05) is 0 Å². The average Bonchev–Trinajstić information content (AvgIpc) is 2.78. The van der Waals surface area contributed by atoms with E-state index in [1.165, 1.54) is 12.8 Å². The SMILES string of the molecule is Cc1cc(NC(=O)c2ccnc(N3CCCCCC3)n2)no1. The lowest BCUT2D eigenvalue weighted by molar-refractivity contribution is 0.102. The van der Waals surface area contributed by atoms with Gasteiger partial charge in [0.1, 0.15) is 11.5 Å². The van der Waals surface area contributed by atoms with E-state index in [0.717, 1.165) is 25.9 Å². The Morgan fingerprint density at radius 1 is 1.27 bits per heavy atom. The third kappa shape index (κ3) is 3.41. The van der Waals surface area contributed by atoms with Crippen LogP contribution in [0.3, 0.4) is 0 Å². The number of nitrogens with one attached hydrogen (secondary N) is 1. The molecule has 1 aliphatic rings. The average molecular weight is 301 g/mol. The van der Waals surface area contributed by atoms with Gasteiger partial charge in [-0.15, -0.1) is 0 Å². The van der Waals surface area contributed by atoms with E-state index >= 15 is 0 Å². The molecular weight excluding hydrogens is 282 g/mol. The van der Waals surface area contributed by atoms with Crippen LogP contribution in [0.25, 0.3) is 0 Å². The molecule has 3 heterocycles. The van der Waals surface area contributed by atoms with Crippen LogP contribution in [0.15, 0.2) is 22.9 Å². The van der Waals surface area contributed by atoms with Crippen molar-refractivity contribution in [2.24, 2.45) is 0 Å². The number of carbonyl (C=O) groups excluding carboxylic acids is 1. The van der Waals surface area contributed by atoms with Crippen molar-refractivity contribution < 1.29 is 9.32 Å². The molecule has 0 radical (unpaired) electrons. The maximum absolute atomic E-state index is 12.2. The summed E-state index contributed by atoms with van der Waals surface area (Å²) in [5.74, 6) is 1.33. The van der Waals surface area contributed by atoms with Gasteiger partial charge in [-0.1, -0.05) is 18.0 Å². The first-order chi connectivity index (χ1) is 10.7. The normalized spacial score (nSPS) is 15.4. The van der Waals surface area contributed by atoms with Gasteiger partial charge in [0.15, 0.2) is 5.82 Å². The van der Waals surface area contributed by atoms with Gasteiger partial charge in [-0.25, -0.2) is 9.97 Å². The fourth-order valence-electron chi connectivity index (χ4n) is 2.50. The highest BCUT2D eigenvalue weighted by Gasteiger charge is 2.16. The molecule has 3 rings (SSSR count). The highest BCUT2D eigenvalue weighted by molar-refractivity contribution is 6.02. The molecular formula is C15H19N5O2. The third-order valence-electron chi connectivity index (χ3n) is 3.63. The summed E-state index contributed by atoms with van der Waals surface area (Å²) >= 11 is 0. The predicted molar refractivity (Wildman–Crippen MR) is 81.9 cm³/mol. The second-order valence-corrected chi connectivity index (χ2v) is 5.42. The zero-order chi connectivity index (χ0) is 15.4. The molecule has 7 heteroatoms. The number of hydrogen-bond acceptors (Lipinski definition) is 6. The van der Waals surface area contributed by atoms with Crippen molar-refractivity contribution in [1.29, 1.82) is 0 Å². The predicted octanol–water partition coefficient (Wildman–Crippen LogP) is 2.41. The molecule has 116 valence electrons. The molecule has 1 aliphatic heterocycles. The van der Waals surface area contributed by atoms with Gasteiger partial charge in [0.2, 0.25) is 5.95 Å². The first-order valence-corrected chi connectivity index (χ1v) is 7.55. The zero-order valence-corrected chi connectivity index (χ0v) is 12.6. The van der Waals surface area contributed by atoms with Crippen LogP contribution in [0.5, 0.6) is 0 Å². The van der Waals surface area contributed by atoms with Gasteiger partial charge >= 0.3 is 0 Å². The molecule has 1 saturated heterocycles. The van der Waals surface area contributed by atoms with Crippen LogP contribution in [-0.2, 0) is 0 Å². The minimum absolute atomic E-state index is 0.313. The summed E-state index contributed by atoms with van der Waals surface area (Å²) < 4.78 is 4.93. The minimum Gasteiger partial charge on any atom is -0.360 e. The van der Waals surface area contributed by atoms with E-state index in [-0.39, 0.29) is 5.91 Å². The molecule has 2 aromatic rings. The molecule has 0 bridgehead atoms. The van der Waals surface area contributed by atoms with Crippen LogP contribution in [0.4, 0.5) is 11.8 Å². The van der Waals surface area contributed by atoms with E-state index < -0.39 is 0 Å². The van der Waals surface area contributed by atoms with E-state index in [9.17, 15) is 4.79 Å². The summed E-state index contributed by atoms with van der Waals surface area (Å²) in [5, 5.41) is 6.41. The summed E-state index contributed by atoms with van der Waals surface area (Å²) in [4.78, 5) is 23.1. The van der Waals surface area contributed by atoms with E-state index in [1.54, 1.807) is 25.3 Å². The minimum atomic E-state index is -0.313. The van der Waals surface area contributed by atoms with Crippen molar-refractivity contribution in [1.82, 2.24) is 15.1 Å². The Labute approximate surface area is 128 Å². The van der Waals surface area contributed by atoms with Crippen LogP contribution < -0.4 is 10.2 Å². The zero-order valence-electron chi connectivity index (χ0n) is 12.6. The highest BCUT2D eigenvalue weighted by Crippen LogP contribution is 2.16. The molecule has 7 nitrogen and oxygen atoms in total. The Hall–Kier alpha value is -2.44. The van der Waals surface area contributed by atoms with E-state index in [0.29, 0.717) is 23.2 Å². The largest absolute Gasteiger partial charge is 0.360 e. The van der Waals surface area contributed by atoms with Gasteiger partial charge in [-0.05, 0) is 25.8 Å². The Bertz CT molecular complexity index is 647. The number of aromatic nitrogens is 3. The summed E-state index contributed by atoms with van der Waals surface area (Å²) in [5.41, 5.74) is 0.329. The highest BCUT2D eigenvalue weighted by atomic mass is 16.5. The Morgan fingerprint density at radius 2 is 2.05 bits per heavy atom. The lowest BCUT2D eigenvalue weighted by atomic mass is 10.2. The maximum Gasteiger partial charge on any atom is 0.275 e. The van der Waals surface area contributed by atoms with Crippen molar-refractivity contribution in [3.63, 3.8) is 0 Å². The van der Waals surface area contributed by atoms with Crippen molar-refractivity contribution in [3.8, 4) is 0 Å². The van der Waals surface area contributed by atoms with Crippen LogP contribution in [0.1, 0.15) is 41.9 Å². The quantitative estimate of drug-likeness (QED) is 0.937. The molecule has 1 amide bonds. The van der Waals surface area contributed by atoms with Crippen molar-refractivity contribution >= 4 is 17.7 Å². The van der Waals surface area contributed by atoms with Gasteiger partial charge < -0.3 is 14.7 Å². The smallest absolute Gasteiger partial charge is 0.275 e. The molecule has 0 aromatic carbocycles. The van der Waals surface area contributed by atoms with Gasteiger partial charge in [-0.3, -0.25) is 4.79 Å². The molecule has 1 fully saturated rings. The number of hydrogen-bond donors (Lipinski definition) is 1. The maximum atomic E-state index is 12.2. The number of aryl methyl sites for hydroxylation is 1. The Kier molecular flexibility index (Phi) is 4.32. The summed E-state index contributed by atoms with van der Waals surface area (Å²) in [6, 6.07) is 3.26. The monoisotopic (exact) mass is 301 g/mol. The number of amides is 1. The van der Waals surface area contributed by atoms with Gasteiger partial charge in [-0.2, -0.15) is 0 Å². The summed E-state index contributed by atoms with van der Waals surface area (Å²) in [7, 11) is 0. The summed E-state index contributed by atoms with van der Waals surface area (Å²) in [6.45, 7) is 3.64. The summed E-state index contributed by atoms with van der Waals surface area (Å²) in [6.07, 6.45) is 6.37. The molecule has 0 aliphatic carbocycles. The van der Waals surface area contributed by atoms with Gasteiger partial charge in [0.05, 0.1) is 0 Å². The lowest BCUT2D eigenvalue weighted by Gasteiger charge is -2.20. The standard InChI is InChI=1S/C15H19N5O2/c1-11-10-13(19-22-11)18-14(21)12-6-7-16-15(17-12)20-8-4-2-3-5-9-20/h6-7,10H,2-5,8-9H2,1H3,(H,18,19,21). The lowest BCUT2D eigenvalue weighted by Crippen LogP contribution is -2.27. The molecule has 0 unspecified atom stereocenters. The fraction of sp³-hybridized carbons (Fsp3) is 0.467. The molecule has 0 atom stereocenters. The van der Waals surface area contributed by atoms with Gasteiger partial charge in [0, 0.05) is 25.4 Å². The van der Waals surface area contributed by atoms with E-state index in [2.05, 4.69) is 25.3 Å². The van der Waals surface area contributed by atoms with E-state index in [4.69, 9.17) is 4.52 Å². The van der Waals surface area contributed by atoms with Crippen LogP contribution in [0.2, 0.25) is 0 Å². The Balaban J connectivity index is 1.73. The molecule has 22 heavy (non-hydrogen) atoms. The van der Waals surface area contributed by atoms with Crippen LogP contribution in [-0.4, -0.2) is 34.1 Å². The van der Waals surface area contributed by atoms with Crippen molar-refractivity contribution in [2.45, 2.75) is 32.6 Å². The number of nitrogens with zero attached hydrogens (tertiary/aromatic N) is 4. The first kappa shape index (κ1) is 14.5. The van der Waals surface area contributed by atoms with Crippen LogP contribution >= 0.6 is 0 Å². The first-order valence-electron chi connectivity index (χ1n) is 7.55. The van der Waals surface area contributed by atoms with Crippen molar-refractivity contribution in [2.75, 3.05) is 23.3 Å². The third-order valence-corrected chi connectivity index (χ3v) is 3.63. The number of anilines is 2. The van der Waals surface area contributed by atoms with Gasteiger partial charge in [0.25, 0.3) is 5.91 Å². The topological polar surface area (TPSA) is 84.2 Å². The second kappa shape index (κ2) is 6.55. The fourth-order valence-corrected chi connectivity index (χ4v) is 2.50. The van der Waals surface area contributed by atoms with Crippen molar-refractivity contribution in [3.05, 3.63) is 29.8 Å². The Morgan fingerprint density at radius 3 is 2.73 bits per heavy atom. The molecule has 0 saturated carbocycles. The molecule has 0 spiro atoms. The van der Waals surface area contributed by atoms with Crippen LogP contribution in [0, 0.1) is 6.92 Å². The number of carbonyl (C=O) groups is 1. The number of rotatable bonds is 3. The second-order valence-electron chi connectivity index (χ2n) is 5.42. The molecule has 2 aromatic heterocycles.